The average molecular weight is 365 g/mol. The van der Waals surface area contributed by atoms with Gasteiger partial charge in [-0.25, -0.2) is 0 Å². The summed E-state index contributed by atoms with van der Waals surface area (Å²) in [5.41, 5.74) is 6.89. The van der Waals surface area contributed by atoms with Crippen LogP contribution in [0.3, 0.4) is 0 Å². The minimum Gasteiger partial charge on any atom is -0.326 e. The molecule has 0 radical (unpaired) electrons. The maximum absolute atomic E-state index is 2.65. The Balaban J connectivity index is 0.000000386. The zero-order valence-corrected chi connectivity index (χ0v) is 18.4. The highest BCUT2D eigenvalue weighted by molar-refractivity contribution is 5.52. The number of hydrogen-bond donors (Lipinski definition) is 1. The molecule has 27 heavy (non-hydrogen) atoms. The summed E-state index contributed by atoms with van der Waals surface area (Å²) in [6.07, 6.45) is 3.90. The van der Waals surface area contributed by atoms with Crippen molar-refractivity contribution in [3.8, 4) is 0 Å². The summed E-state index contributed by atoms with van der Waals surface area (Å²) in [6, 6.07) is 18.4. The maximum Gasteiger partial charge on any atom is 0.146 e. The van der Waals surface area contributed by atoms with Crippen LogP contribution < -0.4 is 5.32 Å². The molecule has 0 spiro atoms. The normalized spacial score (nSPS) is 34.3. The molecule has 4 unspecified atom stereocenters. The standard InChI is InChI=1S/C21H23N.C3H8.C2H6/c1-19-12-14(19)13-20(2)16-9-5-7-11-18(16)21(3,22-20)17-10-6-4-8-15(17)19;1-3-2;1-2/h4-11,14,22H,12-13H2,1-3H3;3H2,1-2H3;1-2H3/p+1. The van der Waals surface area contributed by atoms with Crippen molar-refractivity contribution in [2.24, 2.45) is 5.92 Å². The molecule has 1 saturated carbocycles. The Labute approximate surface area is 166 Å². The topological polar surface area (TPSA) is 16.6 Å². The van der Waals surface area contributed by atoms with Gasteiger partial charge in [0.15, 0.2) is 0 Å². The van der Waals surface area contributed by atoms with Gasteiger partial charge in [0.2, 0.25) is 0 Å². The first kappa shape index (κ1) is 20.1. The summed E-state index contributed by atoms with van der Waals surface area (Å²) >= 11 is 0. The van der Waals surface area contributed by atoms with Crippen molar-refractivity contribution in [1.82, 2.24) is 0 Å². The van der Waals surface area contributed by atoms with Crippen LogP contribution in [0.15, 0.2) is 48.5 Å². The van der Waals surface area contributed by atoms with E-state index in [0.717, 1.165) is 5.92 Å². The maximum atomic E-state index is 2.65. The molecule has 0 aromatic heterocycles. The van der Waals surface area contributed by atoms with Gasteiger partial charge < -0.3 is 5.32 Å². The zero-order valence-electron chi connectivity index (χ0n) is 18.4. The predicted octanol–water partition coefficient (Wildman–Crippen LogP) is 5.87. The van der Waals surface area contributed by atoms with Gasteiger partial charge in [0.05, 0.1) is 0 Å². The second kappa shape index (κ2) is 7.09. The van der Waals surface area contributed by atoms with Gasteiger partial charge >= 0.3 is 0 Å². The predicted molar refractivity (Wildman–Crippen MR) is 116 cm³/mol. The molecule has 4 atom stereocenters. The molecule has 1 heteroatoms. The minimum absolute atomic E-state index is 0.0541. The van der Waals surface area contributed by atoms with Crippen LogP contribution in [-0.4, -0.2) is 0 Å². The number of hydrogen-bond acceptors (Lipinski definition) is 0. The van der Waals surface area contributed by atoms with Crippen LogP contribution in [0.4, 0.5) is 0 Å². The van der Waals surface area contributed by atoms with Gasteiger partial charge in [-0.2, -0.15) is 0 Å². The first-order valence-electron chi connectivity index (χ1n) is 11.0. The van der Waals surface area contributed by atoms with E-state index in [4.69, 9.17) is 0 Å². The van der Waals surface area contributed by atoms with Gasteiger partial charge in [-0.3, -0.25) is 0 Å². The lowest BCUT2D eigenvalue weighted by Crippen LogP contribution is -2.99. The number of fused-ring (bicyclic) bond motifs is 9. The second-order valence-electron chi connectivity index (χ2n) is 9.09. The van der Waals surface area contributed by atoms with Crippen LogP contribution in [0.25, 0.3) is 0 Å². The van der Waals surface area contributed by atoms with Crippen LogP contribution >= 0.6 is 0 Å². The molecule has 5 rings (SSSR count). The van der Waals surface area contributed by atoms with Crippen LogP contribution in [0, 0.1) is 5.92 Å². The summed E-state index contributed by atoms with van der Waals surface area (Å²) in [4.78, 5) is 0. The third-order valence-corrected chi connectivity index (χ3v) is 6.89. The van der Waals surface area contributed by atoms with Gasteiger partial charge in [-0.05, 0) is 37.2 Å². The highest BCUT2D eigenvalue weighted by Crippen LogP contribution is 2.62. The Hall–Kier alpha value is -1.60. The molecule has 0 amide bonds. The van der Waals surface area contributed by atoms with Crippen molar-refractivity contribution in [2.45, 2.75) is 84.2 Å². The summed E-state index contributed by atoms with van der Waals surface area (Å²) in [5.74, 6) is 0.825. The van der Waals surface area contributed by atoms with Crippen molar-refractivity contribution in [2.75, 3.05) is 0 Å². The molecule has 2 aromatic carbocycles. The number of rotatable bonds is 0. The van der Waals surface area contributed by atoms with Crippen molar-refractivity contribution in [3.63, 3.8) is 0 Å². The lowest BCUT2D eigenvalue weighted by atomic mass is 9.78. The average Bonchev–Trinajstić information content (AvgIpc) is 3.25. The Morgan fingerprint density at radius 1 is 0.778 bits per heavy atom. The number of benzene rings is 2. The van der Waals surface area contributed by atoms with E-state index in [1.54, 1.807) is 11.1 Å². The molecular weight excluding hydrogens is 326 g/mol. The molecule has 2 aromatic rings. The highest BCUT2D eigenvalue weighted by atomic mass is 15.1. The van der Waals surface area contributed by atoms with Gasteiger partial charge in [-0.1, -0.05) is 89.6 Å². The number of nitrogens with two attached hydrogens (primary N) is 1. The van der Waals surface area contributed by atoms with E-state index in [1.807, 2.05) is 13.8 Å². The molecule has 1 fully saturated rings. The molecular formula is C26H38N+. The zero-order chi connectivity index (χ0) is 19.9. The van der Waals surface area contributed by atoms with Crippen LogP contribution in [0.1, 0.15) is 90.0 Å². The van der Waals surface area contributed by atoms with E-state index < -0.39 is 0 Å². The quantitative estimate of drug-likeness (QED) is 0.602. The fourth-order valence-electron chi connectivity index (χ4n) is 5.64. The van der Waals surface area contributed by atoms with E-state index in [-0.39, 0.29) is 11.1 Å². The smallest absolute Gasteiger partial charge is 0.146 e. The van der Waals surface area contributed by atoms with Crippen LogP contribution in [-0.2, 0) is 16.5 Å². The molecule has 2 bridgehead atoms. The van der Waals surface area contributed by atoms with E-state index in [9.17, 15) is 0 Å². The fraction of sp³-hybridized carbons (Fsp3) is 0.538. The van der Waals surface area contributed by atoms with E-state index in [1.165, 1.54) is 30.4 Å². The summed E-state index contributed by atoms with van der Waals surface area (Å²) < 4.78 is 0. The lowest BCUT2D eigenvalue weighted by Gasteiger charge is -2.34. The van der Waals surface area contributed by atoms with Crippen molar-refractivity contribution in [3.05, 3.63) is 70.8 Å². The minimum atomic E-state index is 0.0541. The van der Waals surface area contributed by atoms with Gasteiger partial charge in [0, 0.05) is 23.1 Å². The molecule has 2 heterocycles. The summed E-state index contributed by atoms with van der Waals surface area (Å²) in [5, 5.41) is 2.65. The first-order valence-corrected chi connectivity index (χ1v) is 11.0. The molecule has 1 nitrogen and oxygen atoms in total. The monoisotopic (exact) mass is 364 g/mol. The third-order valence-electron chi connectivity index (χ3n) is 6.89. The Morgan fingerprint density at radius 2 is 1.22 bits per heavy atom. The molecule has 1 aliphatic carbocycles. The Bertz CT molecular complexity index is 809. The number of quaternary nitrogens is 1. The van der Waals surface area contributed by atoms with E-state index in [2.05, 4.69) is 88.5 Å². The van der Waals surface area contributed by atoms with Gasteiger partial charge in [-0.15, -0.1) is 0 Å². The summed E-state index contributed by atoms with van der Waals surface area (Å²) in [6.45, 7) is 15.6. The molecule has 0 saturated heterocycles. The SMILES string of the molecule is CC.CC12CC3CC3(C)c3ccccc3C(C)([NH2+]1)c1ccccc12.CCC. The first-order chi connectivity index (χ1) is 12.9. The largest absolute Gasteiger partial charge is 0.326 e. The molecule has 2 aliphatic heterocycles. The summed E-state index contributed by atoms with van der Waals surface area (Å²) in [7, 11) is 0. The van der Waals surface area contributed by atoms with Crippen LogP contribution in [0.2, 0.25) is 0 Å². The lowest BCUT2D eigenvalue weighted by molar-refractivity contribution is -0.783. The third kappa shape index (κ3) is 2.95. The van der Waals surface area contributed by atoms with Crippen molar-refractivity contribution in [1.29, 1.82) is 0 Å². The van der Waals surface area contributed by atoms with Crippen LogP contribution in [0.5, 0.6) is 0 Å². The Kier molecular flexibility index (Phi) is 5.29. The fourth-order valence-corrected chi connectivity index (χ4v) is 5.64. The Morgan fingerprint density at radius 3 is 1.78 bits per heavy atom. The van der Waals surface area contributed by atoms with Gasteiger partial charge in [0.25, 0.3) is 0 Å². The van der Waals surface area contributed by atoms with Gasteiger partial charge in [0.1, 0.15) is 11.1 Å². The van der Waals surface area contributed by atoms with Crippen molar-refractivity contribution < 1.29 is 5.32 Å². The van der Waals surface area contributed by atoms with E-state index >= 15 is 0 Å². The molecule has 2 N–H and O–H groups in total. The highest BCUT2D eigenvalue weighted by Gasteiger charge is 2.63. The second-order valence-corrected chi connectivity index (χ2v) is 9.09. The van der Waals surface area contributed by atoms with E-state index in [0.29, 0.717) is 5.41 Å². The molecule has 3 aliphatic rings. The van der Waals surface area contributed by atoms with Crippen molar-refractivity contribution >= 4 is 0 Å². The molecule has 146 valence electrons.